The number of carbonyl (C=O) groups excluding carboxylic acids is 2. The maximum absolute atomic E-state index is 12.9. The van der Waals surface area contributed by atoms with Gasteiger partial charge in [-0.25, -0.2) is 9.59 Å². The van der Waals surface area contributed by atoms with Crippen molar-refractivity contribution in [2.75, 3.05) is 13.7 Å². The Bertz CT molecular complexity index is 972. The predicted octanol–water partition coefficient (Wildman–Crippen LogP) is 5.19. The molecule has 2 aromatic carbocycles. The van der Waals surface area contributed by atoms with Crippen LogP contribution in [0, 0.1) is 0 Å². The number of hydrogen-bond donors (Lipinski definition) is 1. The van der Waals surface area contributed by atoms with Crippen LogP contribution in [0.25, 0.3) is 11.1 Å². The minimum Gasteiger partial charge on any atom is -0.467 e. The summed E-state index contributed by atoms with van der Waals surface area (Å²) in [5.41, 5.74) is 3.30. The normalized spacial score (nSPS) is 22.2. The molecule has 1 amide bonds. The van der Waals surface area contributed by atoms with Gasteiger partial charge in [0.1, 0.15) is 12.1 Å². The van der Waals surface area contributed by atoms with Crippen LogP contribution >= 0.6 is 0 Å². The number of fused-ring (bicyclic) bond motifs is 3. The van der Waals surface area contributed by atoms with E-state index < -0.39 is 17.6 Å². The quantitative estimate of drug-likeness (QED) is 0.633. The molecule has 1 saturated carbocycles. The first kappa shape index (κ1) is 23.3. The van der Waals surface area contributed by atoms with Gasteiger partial charge in [-0.15, -0.1) is 0 Å². The molecular formula is C27H33NO5. The van der Waals surface area contributed by atoms with Crippen LogP contribution in [0.4, 0.5) is 4.79 Å². The molecule has 4 rings (SSSR count). The highest BCUT2D eigenvalue weighted by molar-refractivity contribution is 5.86. The van der Waals surface area contributed by atoms with Gasteiger partial charge in [0.2, 0.25) is 0 Å². The first-order valence-corrected chi connectivity index (χ1v) is 11.6. The molecule has 0 aromatic heterocycles. The SMILES string of the molecule is COC(=O)C1(NC(=O)OCC2c3ccccc3-c3ccccc32)CCC(OC(C)(C)C)CC1. The Balaban J connectivity index is 1.43. The molecule has 2 aromatic rings. The third-order valence-electron chi connectivity index (χ3n) is 6.57. The molecule has 0 atom stereocenters. The molecule has 0 bridgehead atoms. The second-order valence-electron chi connectivity index (χ2n) is 9.95. The lowest BCUT2D eigenvalue weighted by Gasteiger charge is -2.39. The number of benzene rings is 2. The zero-order chi connectivity index (χ0) is 23.6. The van der Waals surface area contributed by atoms with Crippen molar-refractivity contribution in [1.82, 2.24) is 5.32 Å². The third kappa shape index (κ3) is 4.91. The van der Waals surface area contributed by atoms with E-state index in [1.807, 2.05) is 45.0 Å². The smallest absolute Gasteiger partial charge is 0.408 e. The third-order valence-corrected chi connectivity index (χ3v) is 6.57. The lowest BCUT2D eigenvalue weighted by molar-refractivity contribution is -0.152. The Kier molecular flexibility index (Phi) is 6.48. The predicted molar refractivity (Wildman–Crippen MR) is 126 cm³/mol. The summed E-state index contributed by atoms with van der Waals surface area (Å²) in [4.78, 5) is 25.5. The van der Waals surface area contributed by atoms with Crippen molar-refractivity contribution < 1.29 is 23.8 Å². The highest BCUT2D eigenvalue weighted by atomic mass is 16.6. The van der Waals surface area contributed by atoms with Gasteiger partial charge in [-0.05, 0) is 68.7 Å². The largest absolute Gasteiger partial charge is 0.467 e. The molecular weight excluding hydrogens is 418 g/mol. The first-order valence-electron chi connectivity index (χ1n) is 11.6. The number of methoxy groups -OCH3 is 1. The van der Waals surface area contributed by atoms with E-state index in [4.69, 9.17) is 14.2 Å². The molecule has 6 heteroatoms. The minimum absolute atomic E-state index is 0.0341. The molecule has 2 aliphatic rings. The van der Waals surface area contributed by atoms with E-state index >= 15 is 0 Å². The number of esters is 1. The van der Waals surface area contributed by atoms with Gasteiger partial charge in [0.15, 0.2) is 0 Å². The van der Waals surface area contributed by atoms with Crippen LogP contribution in [0.1, 0.15) is 63.5 Å². The summed E-state index contributed by atoms with van der Waals surface area (Å²) in [5.74, 6) is -0.474. The highest BCUT2D eigenvalue weighted by Crippen LogP contribution is 2.44. The zero-order valence-electron chi connectivity index (χ0n) is 19.9. The number of ether oxygens (including phenoxy) is 3. The molecule has 2 aliphatic carbocycles. The minimum atomic E-state index is -1.09. The van der Waals surface area contributed by atoms with Gasteiger partial charge in [-0.1, -0.05) is 48.5 Å². The van der Waals surface area contributed by atoms with Gasteiger partial charge >= 0.3 is 12.1 Å². The number of rotatable bonds is 5. The molecule has 176 valence electrons. The standard InChI is InChI=1S/C27H33NO5/c1-26(2,3)33-18-13-15-27(16-14-18,24(29)31-4)28-25(30)32-17-23-21-11-7-5-9-19(21)20-10-6-8-12-22(20)23/h5-12,18,23H,13-17H2,1-4H3,(H,28,30). The molecule has 0 unspecified atom stereocenters. The Labute approximate surface area is 195 Å². The van der Waals surface area contributed by atoms with E-state index in [0.29, 0.717) is 25.7 Å². The van der Waals surface area contributed by atoms with Crippen molar-refractivity contribution in [1.29, 1.82) is 0 Å². The molecule has 0 aliphatic heterocycles. The van der Waals surface area contributed by atoms with E-state index in [1.54, 1.807) is 0 Å². The summed E-state index contributed by atoms with van der Waals surface area (Å²) >= 11 is 0. The molecule has 6 nitrogen and oxygen atoms in total. The number of hydrogen-bond acceptors (Lipinski definition) is 5. The monoisotopic (exact) mass is 451 g/mol. The average Bonchev–Trinajstić information content (AvgIpc) is 3.11. The Morgan fingerprint density at radius 2 is 1.52 bits per heavy atom. The second-order valence-corrected chi connectivity index (χ2v) is 9.95. The summed E-state index contributed by atoms with van der Waals surface area (Å²) in [6.07, 6.45) is 1.67. The summed E-state index contributed by atoms with van der Waals surface area (Å²) in [7, 11) is 1.35. The molecule has 1 fully saturated rings. The molecule has 0 saturated heterocycles. The zero-order valence-corrected chi connectivity index (χ0v) is 19.9. The first-order chi connectivity index (χ1) is 15.7. The fraction of sp³-hybridized carbons (Fsp3) is 0.481. The second kappa shape index (κ2) is 9.18. The maximum Gasteiger partial charge on any atom is 0.408 e. The highest BCUT2D eigenvalue weighted by Gasteiger charge is 2.45. The van der Waals surface area contributed by atoms with Crippen LogP contribution in [0.3, 0.4) is 0 Å². The van der Waals surface area contributed by atoms with Crippen molar-refractivity contribution in [3.05, 3.63) is 59.7 Å². The van der Waals surface area contributed by atoms with E-state index in [-0.39, 0.29) is 24.2 Å². The van der Waals surface area contributed by atoms with E-state index in [2.05, 4.69) is 29.6 Å². The maximum atomic E-state index is 12.9. The van der Waals surface area contributed by atoms with E-state index in [9.17, 15) is 9.59 Å². The lowest BCUT2D eigenvalue weighted by atomic mass is 9.80. The summed E-state index contributed by atoms with van der Waals surface area (Å²) in [6.45, 7) is 6.26. The molecule has 0 radical (unpaired) electrons. The van der Waals surface area contributed by atoms with Crippen molar-refractivity contribution >= 4 is 12.1 Å². The van der Waals surface area contributed by atoms with Gasteiger partial charge in [0, 0.05) is 5.92 Å². The van der Waals surface area contributed by atoms with Crippen LogP contribution in [-0.2, 0) is 19.0 Å². The van der Waals surface area contributed by atoms with Gasteiger partial charge in [0.05, 0.1) is 18.8 Å². The fourth-order valence-corrected chi connectivity index (χ4v) is 5.11. The molecule has 33 heavy (non-hydrogen) atoms. The average molecular weight is 452 g/mol. The summed E-state index contributed by atoms with van der Waals surface area (Å²) in [5, 5.41) is 2.85. The van der Waals surface area contributed by atoms with Crippen molar-refractivity contribution in [3.8, 4) is 11.1 Å². The number of amides is 1. The Morgan fingerprint density at radius 1 is 0.970 bits per heavy atom. The summed E-state index contributed by atoms with van der Waals surface area (Å²) in [6, 6.07) is 16.4. The van der Waals surface area contributed by atoms with Gasteiger partial charge in [-0.2, -0.15) is 0 Å². The molecule has 0 heterocycles. The lowest BCUT2D eigenvalue weighted by Crippen LogP contribution is -2.58. The van der Waals surface area contributed by atoms with Crippen LogP contribution in [-0.4, -0.2) is 43.0 Å². The number of carbonyl (C=O) groups is 2. The van der Waals surface area contributed by atoms with E-state index in [1.165, 1.54) is 18.2 Å². The van der Waals surface area contributed by atoms with Crippen LogP contribution in [0.5, 0.6) is 0 Å². The van der Waals surface area contributed by atoms with Gasteiger partial charge in [0.25, 0.3) is 0 Å². The van der Waals surface area contributed by atoms with Crippen molar-refractivity contribution in [2.24, 2.45) is 0 Å². The Morgan fingerprint density at radius 3 is 2.03 bits per heavy atom. The van der Waals surface area contributed by atoms with Gasteiger partial charge < -0.3 is 19.5 Å². The topological polar surface area (TPSA) is 73.9 Å². The number of nitrogens with one attached hydrogen (secondary N) is 1. The van der Waals surface area contributed by atoms with Crippen LogP contribution in [0.15, 0.2) is 48.5 Å². The van der Waals surface area contributed by atoms with Crippen LogP contribution < -0.4 is 5.32 Å². The molecule has 0 spiro atoms. The van der Waals surface area contributed by atoms with Crippen LogP contribution in [0.2, 0.25) is 0 Å². The Hall–Kier alpha value is -2.86. The fourth-order valence-electron chi connectivity index (χ4n) is 5.11. The van der Waals surface area contributed by atoms with Gasteiger partial charge in [-0.3, -0.25) is 0 Å². The van der Waals surface area contributed by atoms with Crippen molar-refractivity contribution in [3.63, 3.8) is 0 Å². The number of alkyl carbamates (subject to hydrolysis) is 1. The van der Waals surface area contributed by atoms with E-state index in [0.717, 1.165) is 11.1 Å². The molecule has 1 N–H and O–H groups in total. The summed E-state index contributed by atoms with van der Waals surface area (Å²) < 4.78 is 16.8. The van der Waals surface area contributed by atoms with Crippen molar-refractivity contribution in [2.45, 2.75) is 69.6 Å².